The molecule has 0 bridgehead atoms. The summed E-state index contributed by atoms with van der Waals surface area (Å²) in [6.45, 7) is 10.3. The first kappa shape index (κ1) is 16.9. The predicted molar refractivity (Wildman–Crippen MR) is 85.1 cm³/mol. The van der Waals surface area contributed by atoms with Gasteiger partial charge in [0.05, 0.1) is 5.69 Å². The normalized spacial score (nSPS) is 11.3. The fraction of sp³-hybridized carbons (Fsp3) is 0.733. The van der Waals surface area contributed by atoms with E-state index in [2.05, 4.69) is 72.3 Å². The molecule has 1 aromatic rings. The van der Waals surface area contributed by atoms with Crippen LogP contribution in [0.2, 0.25) is 0 Å². The average molecular weight is 279 g/mol. The molecule has 0 saturated carbocycles. The molecule has 1 N–H and O–H groups in total. The van der Waals surface area contributed by atoms with Crippen LogP contribution in [0, 0.1) is 0 Å². The van der Waals surface area contributed by atoms with Crippen molar-refractivity contribution < 1.29 is 0 Å². The summed E-state index contributed by atoms with van der Waals surface area (Å²) in [5, 5.41) is 12.0. The number of likely N-dealkylation sites (N-methyl/N-ethyl adjacent to an activating group) is 1. The molecule has 5 heteroatoms. The molecule has 0 aliphatic heterocycles. The van der Waals surface area contributed by atoms with Crippen molar-refractivity contribution in [3.05, 3.63) is 17.8 Å². The third-order valence-electron chi connectivity index (χ3n) is 3.03. The molecule has 1 heterocycles. The zero-order valence-corrected chi connectivity index (χ0v) is 13.6. The third kappa shape index (κ3) is 6.30. The van der Waals surface area contributed by atoms with Crippen molar-refractivity contribution in [2.45, 2.75) is 39.8 Å². The molecular weight excluding hydrogens is 250 g/mol. The lowest BCUT2D eigenvalue weighted by Crippen LogP contribution is -2.33. The molecule has 20 heavy (non-hydrogen) atoms. The summed E-state index contributed by atoms with van der Waals surface area (Å²) in [6, 6.07) is 4.61. The van der Waals surface area contributed by atoms with E-state index in [1.54, 1.807) is 0 Å². The van der Waals surface area contributed by atoms with Crippen molar-refractivity contribution >= 4 is 5.82 Å². The number of nitrogens with zero attached hydrogens (tertiary/aromatic N) is 4. The highest BCUT2D eigenvalue weighted by atomic mass is 15.3. The highest BCUT2D eigenvalue weighted by molar-refractivity contribution is 5.37. The Morgan fingerprint density at radius 1 is 1.10 bits per heavy atom. The summed E-state index contributed by atoms with van der Waals surface area (Å²) in [5.41, 5.74) is 0.992. The summed E-state index contributed by atoms with van der Waals surface area (Å²) in [4.78, 5) is 4.49. The van der Waals surface area contributed by atoms with Gasteiger partial charge in [0.15, 0.2) is 5.82 Å². The van der Waals surface area contributed by atoms with E-state index in [1.165, 1.54) is 0 Å². The molecule has 0 atom stereocenters. The molecule has 0 radical (unpaired) electrons. The van der Waals surface area contributed by atoms with Gasteiger partial charge in [-0.1, -0.05) is 20.8 Å². The van der Waals surface area contributed by atoms with Crippen LogP contribution in [0.25, 0.3) is 0 Å². The van der Waals surface area contributed by atoms with Gasteiger partial charge in [-0.15, -0.1) is 5.10 Å². The van der Waals surface area contributed by atoms with Crippen LogP contribution in [0.5, 0.6) is 0 Å². The minimum Gasteiger partial charge on any atom is -0.354 e. The molecule has 1 aromatic heterocycles. The van der Waals surface area contributed by atoms with Crippen molar-refractivity contribution in [2.24, 2.45) is 0 Å². The number of rotatable bonds is 9. The topological polar surface area (TPSA) is 44.3 Å². The first-order valence-corrected chi connectivity index (χ1v) is 7.48. The summed E-state index contributed by atoms with van der Waals surface area (Å²) in [6.07, 6.45) is 1.12. The van der Waals surface area contributed by atoms with E-state index in [0.717, 1.165) is 44.1 Å². The molecule has 0 aromatic carbocycles. The monoisotopic (exact) mass is 279 g/mol. The van der Waals surface area contributed by atoms with Gasteiger partial charge in [-0.05, 0) is 32.6 Å². The Kier molecular flexibility index (Phi) is 7.47. The molecular formula is C15H29N5. The SMILES string of the molecule is CCCN(CCN(C)C)c1ccc(CNC(C)C)nn1. The zero-order chi connectivity index (χ0) is 15.0. The Labute approximate surface area is 123 Å². The van der Waals surface area contributed by atoms with Gasteiger partial charge in [0.2, 0.25) is 0 Å². The first-order valence-electron chi connectivity index (χ1n) is 7.48. The van der Waals surface area contributed by atoms with E-state index >= 15 is 0 Å². The van der Waals surface area contributed by atoms with Gasteiger partial charge < -0.3 is 15.1 Å². The van der Waals surface area contributed by atoms with Crippen LogP contribution < -0.4 is 10.2 Å². The molecule has 0 spiro atoms. The Hall–Kier alpha value is -1.20. The van der Waals surface area contributed by atoms with Crippen LogP contribution in [0.15, 0.2) is 12.1 Å². The second-order valence-corrected chi connectivity index (χ2v) is 5.71. The molecule has 0 amide bonds. The van der Waals surface area contributed by atoms with Gasteiger partial charge in [0.1, 0.15) is 0 Å². The van der Waals surface area contributed by atoms with E-state index in [-0.39, 0.29) is 0 Å². The molecule has 0 aliphatic rings. The Balaban J connectivity index is 2.62. The molecule has 0 aliphatic carbocycles. The van der Waals surface area contributed by atoms with Gasteiger partial charge in [-0.25, -0.2) is 0 Å². The molecule has 1 rings (SSSR count). The quantitative estimate of drug-likeness (QED) is 0.746. The molecule has 0 saturated heterocycles. The maximum atomic E-state index is 4.37. The van der Waals surface area contributed by atoms with E-state index in [4.69, 9.17) is 0 Å². The highest BCUT2D eigenvalue weighted by Crippen LogP contribution is 2.10. The zero-order valence-electron chi connectivity index (χ0n) is 13.6. The van der Waals surface area contributed by atoms with Crippen LogP contribution in [0.3, 0.4) is 0 Å². The van der Waals surface area contributed by atoms with E-state index in [9.17, 15) is 0 Å². The average Bonchev–Trinajstić information content (AvgIpc) is 2.41. The number of hydrogen-bond acceptors (Lipinski definition) is 5. The smallest absolute Gasteiger partial charge is 0.151 e. The van der Waals surface area contributed by atoms with Crippen LogP contribution in [-0.4, -0.2) is 54.9 Å². The van der Waals surface area contributed by atoms with Gasteiger partial charge in [-0.2, -0.15) is 5.10 Å². The second-order valence-electron chi connectivity index (χ2n) is 5.71. The van der Waals surface area contributed by atoms with Crippen LogP contribution >= 0.6 is 0 Å². The van der Waals surface area contributed by atoms with Gasteiger partial charge in [0.25, 0.3) is 0 Å². The van der Waals surface area contributed by atoms with Crippen LogP contribution in [0.4, 0.5) is 5.82 Å². The number of nitrogens with one attached hydrogen (secondary N) is 1. The predicted octanol–water partition coefficient (Wildman–Crippen LogP) is 1.75. The lowest BCUT2D eigenvalue weighted by molar-refractivity contribution is 0.412. The number of aromatic nitrogens is 2. The van der Waals surface area contributed by atoms with E-state index in [1.807, 2.05) is 0 Å². The minimum atomic E-state index is 0.466. The van der Waals surface area contributed by atoms with Gasteiger partial charge >= 0.3 is 0 Å². The van der Waals surface area contributed by atoms with Gasteiger partial charge in [-0.3, -0.25) is 0 Å². The molecule has 0 unspecified atom stereocenters. The first-order chi connectivity index (χ1) is 9.52. The summed E-state index contributed by atoms with van der Waals surface area (Å²) < 4.78 is 0. The fourth-order valence-electron chi connectivity index (χ4n) is 1.86. The Morgan fingerprint density at radius 2 is 1.85 bits per heavy atom. The third-order valence-corrected chi connectivity index (χ3v) is 3.03. The summed E-state index contributed by atoms with van der Waals surface area (Å²) in [5.74, 6) is 0.974. The Bertz CT molecular complexity index is 361. The fourth-order valence-corrected chi connectivity index (χ4v) is 1.86. The number of hydrogen-bond donors (Lipinski definition) is 1. The minimum absolute atomic E-state index is 0.466. The van der Waals surface area contributed by atoms with E-state index in [0.29, 0.717) is 6.04 Å². The van der Waals surface area contributed by atoms with Crippen molar-refractivity contribution in [3.8, 4) is 0 Å². The maximum absolute atomic E-state index is 4.37. The highest BCUT2D eigenvalue weighted by Gasteiger charge is 2.08. The lowest BCUT2D eigenvalue weighted by Gasteiger charge is -2.24. The van der Waals surface area contributed by atoms with Crippen molar-refractivity contribution in [1.29, 1.82) is 0 Å². The molecule has 5 nitrogen and oxygen atoms in total. The van der Waals surface area contributed by atoms with Crippen LogP contribution in [0.1, 0.15) is 32.9 Å². The Morgan fingerprint density at radius 3 is 2.35 bits per heavy atom. The van der Waals surface area contributed by atoms with Gasteiger partial charge in [0, 0.05) is 32.2 Å². The molecule has 114 valence electrons. The summed E-state index contributed by atoms with van der Waals surface area (Å²) >= 11 is 0. The second kappa shape index (κ2) is 8.87. The van der Waals surface area contributed by atoms with E-state index < -0.39 is 0 Å². The van der Waals surface area contributed by atoms with Crippen LogP contribution in [-0.2, 0) is 6.54 Å². The lowest BCUT2D eigenvalue weighted by atomic mass is 10.3. The standard InChI is InChI=1S/C15H29N5/c1-6-9-20(11-10-19(4)5)15-8-7-14(17-18-15)12-16-13(2)3/h7-8,13,16H,6,9-12H2,1-5H3. The van der Waals surface area contributed by atoms with Crippen molar-refractivity contribution in [1.82, 2.24) is 20.4 Å². The number of anilines is 1. The largest absolute Gasteiger partial charge is 0.354 e. The van der Waals surface area contributed by atoms with Crippen molar-refractivity contribution in [2.75, 3.05) is 38.6 Å². The summed E-state index contributed by atoms with van der Waals surface area (Å²) in [7, 11) is 4.19. The maximum Gasteiger partial charge on any atom is 0.151 e. The molecule has 0 fully saturated rings. The van der Waals surface area contributed by atoms with Crippen molar-refractivity contribution in [3.63, 3.8) is 0 Å².